The van der Waals surface area contributed by atoms with E-state index in [4.69, 9.17) is 58.0 Å². The van der Waals surface area contributed by atoms with Crippen molar-refractivity contribution in [3.63, 3.8) is 0 Å². The molecule has 0 aliphatic carbocycles. The lowest BCUT2D eigenvalue weighted by atomic mass is 9.97. The molecule has 0 radical (unpaired) electrons. The van der Waals surface area contributed by atoms with Gasteiger partial charge in [0.25, 0.3) is 0 Å². The maximum atomic E-state index is 13.7. The van der Waals surface area contributed by atoms with E-state index in [2.05, 4.69) is 10.3 Å². The van der Waals surface area contributed by atoms with Crippen LogP contribution in [0.15, 0.2) is 54.7 Å². The summed E-state index contributed by atoms with van der Waals surface area (Å²) < 4.78 is 41.2. The van der Waals surface area contributed by atoms with Gasteiger partial charge < -0.3 is 5.32 Å². The number of alkyl halides is 3. The van der Waals surface area contributed by atoms with E-state index in [-0.39, 0.29) is 39.5 Å². The number of hydrogen-bond acceptors (Lipinski definition) is 2. The highest BCUT2D eigenvalue weighted by molar-refractivity contribution is 6.48. The molecule has 35 heavy (non-hydrogen) atoms. The normalized spacial score (nSPS) is 12.7. The van der Waals surface area contributed by atoms with Crippen LogP contribution in [0.4, 0.5) is 13.2 Å². The van der Waals surface area contributed by atoms with Gasteiger partial charge in [-0.15, -0.1) is 0 Å². The number of aromatic nitrogens is 1. The molecule has 0 saturated carbocycles. The number of halogens is 8. The van der Waals surface area contributed by atoms with Crippen LogP contribution in [0.25, 0.3) is 6.08 Å². The minimum absolute atomic E-state index is 0.0127. The number of nitrogens with one attached hydrogen (secondary N) is 1. The molecule has 3 rings (SSSR count). The number of benzene rings is 2. The smallest absolute Gasteiger partial charge is 0.352 e. The van der Waals surface area contributed by atoms with Gasteiger partial charge in [0.15, 0.2) is 0 Å². The van der Waals surface area contributed by atoms with E-state index in [1.807, 2.05) is 0 Å². The number of allylic oxidation sites excluding steroid dienone is 1. The number of carbonyl (C=O) groups is 1. The summed E-state index contributed by atoms with van der Waals surface area (Å²) in [5, 5.41) is 3.21. The van der Waals surface area contributed by atoms with Crippen LogP contribution >= 0.6 is 58.0 Å². The summed E-state index contributed by atoms with van der Waals surface area (Å²) in [6.07, 6.45) is -0.680. The highest BCUT2D eigenvalue weighted by Gasteiger charge is 2.39. The van der Waals surface area contributed by atoms with Crippen LogP contribution in [0.3, 0.4) is 0 Å². The van der Waals surface area contributed by atoms with E-state index in [1.54, 1.807) is 24.3 Å². The average molecular weight is 583 g/mol. The Bertz CT molecular complexity index is 1220. The molecule has 3 nitrogen and oxygen atoms in total. The summed E-state index contributed by atoms with van der Waals surface area (Å²) in [4.78, 5) is 16.1. The first-order valence-corrected chi connectivity index (χ1v) is 11.9. The molecule has 0 spiro atoms. The standard InChI is InChI=1S/C24H16Cl5F3N2O/c25-18-7-13(1-4-15(18)12-34-22(35)8-14-3-6-21(28)33-11-14)2-5-17(24(30,31)32)16-9-19(26)23(29)20(27)10-16/h1-7,9-11,17H,8,12H2,(H,34,35). The second kappa shape index (κ2) is 11.8. The molecule has 1 amide bonds. The van der Waals surface area contributed by atoms with Crippen molar-refractivity contribution in [3.8, 4) is 0 Å². The predicted octanol–water partition coefficient (Wildman–Crippen LogP) is 8.57. The van der Waals surface area contributed by atoms with Crippen LogP contribution in [0, 0.1) is 0 Å². The minimum atomic E-state index is -4.59. The predicted molar refractivity (Wildman–Crippen MR) is 136 cm³/mol. The van der Waals surface area contributed by atoms with Gasteiger partial charge in [0.05, 0.1) is 27.4 Å². The minimum Gasteiger partial charge on any atom is -0.352 e. The molecule has 0 bridgehead atoms. The van der Waals surface area contributed by atoms with Crippen molar-refractivity contribution < 1.29 is 18.0 Å². The third kappa shape index (κ3) is 7.76. The lowest BCUT2D eigenvalue weighted by Crippen LogP contribution is -2.24. The summed E-state index contributed by atoms with van der Waals surface area (Å²) in [5.41, 5.74) is 1.60. The first-order valence-electron chi connectivity index (χ1n) is 9.99. The second-order valence-corrected chi connectivity index (χ2v) is 9.46. The van der Waals surface area contributed by atoms with Gasteiger partial charge in [-0.05, 0) is 46.5 Å². The number of amides is 1. The topological polar surface area (TPSA) is 42.0 Å². The fraction of sp³-hybridized carbons (Fsp3) is 0.167. The van der Waals surface area contributed by atoms with Gasteiger partial charge in [-0.3, -0.25) is 4.79 Å². The summed E-state index contributed by atoms with van der Waals surface area (Å²) >= 11 is 29.7. The van der Waals surface area contributed by atoms with Crippen molar-refractivity contribution in [2.75, 3.05) is 0 Å². The highest BCUT2D eigenvalue weighted by atomic mass is 35.5. The van der Waals surface area contributed by atoms with Crippen LogP contribution < -0.4 is 5.32 Å². The van der Waals surface area contributed by atoms with E-state index >= 15 is 0 Å². The Balaban J connectivity index is 1.70. The fourth-order valence-corrected chi connectivity index (χ4v) is 4.12. The third-order valence-corrected chi connectivity index (χ3v) is 6.68. The van der Waals surface area contributed by atoms with Crippen molar-refractivity contribution in [1.82, 2.24) is 10.3 Å². The molecule has 11 heteroatoms. The van der Waals surface area contributed by atoms with Crippen LogP contribution in [0.5, 0.6) is 0 Å². The number of nitrogens with zero attached hydrogens (tertiary/aromatic N) is 1. The molecule has 0 aliphatic heterocycles. The van der Waals surface area contributed by atoms with Crippen molar-refractivity contribution in [3.05, 3.63) is 102 Å². The first-order chi connectivity index (χ1) is 16.4. The zero-order valence-corrected chi connectivity index (χ0v) is 21.4. The Kier molecular flexibility index (Phi) is 9.35. The Labute approximate surface area is 224 Å². The molecule has 1 unspecified atom stereocenters. The lowest BCUT2D eigenvalue weighted by molar-refractivity contribution is -0.139. The van der Waals surface area contributed by atoms with E-state index in [0.29, 0.717) is 26.9 Å². The second-order valence-electron chi connectivity index (χ2n) is 7.47. The van der Waals surface area contributed by atoms with Crippen LogP contribution in [-0.4, -0.2) is 17.1 Å². The highest BCUT2D eigenvalue weighted by Crippen LogP contribution is 2.41. The number of rotatable bonds is 7. The van der Waals surface area contributed by atoms with Gasteiger partial charge >= 0.3 is 6.18 Å². The molecule has 0 aliphatic rings. The lowest BCUT2D eigenvalue weighted by Gasteiger charge is -2.18. The van der Waals surface area contributed by atoms with Gasteiger partial charge in [0.1, 0.15) is 5.15 Å². The van der Waals surface area contributed by atoms with Crippen molar-refractivity contribution in [1.29, 1.82) is 0 Å². The number of hydrogen-bond donors (Lipinski definition) is 1. The Morgan fingerprint density at radius 1 is 0.971 bits per heavy atom. The summed E-state index contributed by atoms with van der Waals surface area (Å²) in [6.45, 7) is 0.148. The number of carbonyl (C=O) groups excluding carboxylic acids is 1. The Morgan fingerprint density at radius 2 is 1.66 bits per heavy atom. The molecule has 1 aromatic heterocycles. The fourth-order valence-electron chi connectivity index (χ4n) is 3.13. The molecular weight excluding hydrogens is 567 g/mol. The van der Waals surface area contributed by atoms with Crippen molar-refractivity contribution in [2.45, 2.75) is 25.1 Å². The molecule has 184 valence electrons. The maximum Gasteiger partial charge on any atom is 0.399 e. The van der Waals surface area contributed by atoms with Gasteiger partial charge in [-0.2, -0.15) is 13.2 Å². The van der Waals surface area contributed by atoms with Crippen LogP contribution in [-0.2, 0) is 17.8 Å². The molecule has 0 fully saturated rings. The zero-order chi connectivity index (χ0) is 25.8. The van der Waals surface area contributed by atoms with Gasteiger partial charge in [0, 0.05) is 17.8 Å². The van der Waals surface area contributed by atoms with E-state index in [9.17, 15) is 18.0 Å². The molecular formula is C24H16Cl5F3N2O. The van der Waals surface area contributed by atoms with Crippen molar-refractivity contribution in [2.24, 2.45) is 0 Å². The molecule has 1 heterocycles. The monoisotopic (exact) mass is 580 g/mol. The molecule has 2 aromatic carbocycles. The summed E-state index contributed by atoms with van der Waals surface area (Å²) in [6, 6.07) is 10.3. The van der Waals surface area contributed by atoms with Crippen LogP contribution in [0.2, 0.25) is 25.2 Å². The maximum absolute atomic E-state index is 13.7. The summed E-state index contributed by atoms with van der Waals surface area (Å²) in [7, 11) is 0. The van der Waals surface area contributed by atoms with E-state index in [1.165, 1.54) is 18.3 Å². The van der Waals surface area contributed by atoms with E-state index < -0.39 is 12.1 Å². The molecule has 1 atom stereocenters. The van der Waals surface area contributed by atoms with Crippen molar-refractivity contribution >= 4 is 70.0 Å². The summed E-state index contributed by atoms with van der Waals surface area (Å²) in [5.74, 6) is -2.21. The van der Waals surface area contributed by atoms with E-state index in [0.717, 1.165) is 18.2 Å². The molecule has 3 aromatic rings. The van der Waals surface area contributed by atoms with Gasteiger partial charge in [0.2, 0.25) is 5.91 Å². The largest absolute Gasteiger partial charge is 0.399 e. The Hall–Kier alpha value is -1.96. The van der Waals surface area contributed by atoms with Gasteiger partial charge in [-0.25, -0.2) is 4.98 Å². The first kappa shape index (κ1) is 27.6. The number of pyridine rings is 1. The zero-order valence-electron chi connectivity index (χ0n) is 17.6. The SMILES string of the molecule is O=C(Cc1ccc(Cl)nc1)NCc1ccc(C=CC(c2cc(Cl)c(Cl)c(Cl)c2)C(F)(F)F)cc1Cl. The quantitative estimate of drug-likeness (QED) is 0.224. The molecule has 0 saturated heterocycles. The Morgan fingerprint density at radius 3 is 2.23 bits per heavy atom. The third-order valence-electron chi connectivity index (χ3n) is 4.91. The van der Waals surface area contributed by atoms with Gasteiger partial charge in [-0.1, -0.05) is 88.4 Å². The average Bonchev–Trinajstić information content (AvgIpc) is 2.77. The molecule has 1 N–H and O–H groups in total. The van der Waals surface area contributed by atoms with Crippen LogP contribution in [0.1, 0.15) is 28.2 Å².